The number of hydrogen-bond acceptors (Lipinski definition) is 5. The molecule has 1 fully saturated rings. The Kier molecular flexibility index (Phi) is 5.37. The smallest absolute Gasteiger partial charge is 0.417 e. The van der Waals surface area contributed by atoms with E-state index in [0.717, 1.165) is 12.3 Å². The van der Waals surface area contributed by atoms with Gasteiger partial charge >= 0.3 is 12.1 Å². The van der Waals surface area contributed by atoms with Gasteiger partial charge in [0.25, 0.3) is 0 Å². The van der Waals surface area contributed by atoms with E-state index in [0.29, 0.717) is 25.9 Å². The fourth-order valence-corrected chi connectivity index (χ4v) is 2.08. The predicted octanol–water partition coefficient (Wildman–Crippen LogP) is 3.45. The van der Waals surface area contributed by atoms with Gasteiger partial charge in [-0.1, -0.05) is 0 Å². The summed E-state index contributed by atoms with van der Waals surface area (Å²) in [5.74, 6) is -0.139. The van der Waals surface area contributed by atoms with E-state index < -0.39 is 17.2 Å². The Bertz CT molecular complexity index is 559. The summed E-state index contributed by atoms with van der Waals surface area (Å²) in [6.07, 6.45) is -2.62. The van der Waals surface area contributed by atoms with E-state index in [2.05, 4.69) is 4.98 Å². The normalized spacial score (nSPS) is 17.6. The number of alkyl halides is 3. The van der Waals surface area contributed by atoms with Gasteiger partial charge in [-0.15, -0.1) is 5.06 Å². The van der Waals surface area contributed by atoms with E-state index in [1.807, 2.05) is 0 Å². The van der Waals surface area contributed by atoms with Gasteiger partial charge in [-0.05, 0) is 26.8 Å². The Morgan fingerprint density at radius 1 is 1.21 bits per heavy atom. The molecule has 0 bridgehead atoms. The van der Waals surface area contributed by atoms with Crippen LogP contribution in [0.4, 0.5) is 13.2 Å². The molecule has 0 radical (unpaired) electrons. The number of ether oxygens (including phenoxy) is 1. The average Bonchev–Trinajstić information content (AvgIpc) is 2.48. The highest BCUT2D eigenvalue weighted by molar-refractivity contribution is 5.75. The largest absolute Gasteiger partial charge is 0.474 e. The molecule has 0 N–H and O–H groups in total. The van der Waals surface area contributed by atoms with Crippen molar-refractivity contribution in [3.05, 3.63) is 23.9 Å². The molecule has 0 spiro atoms. The minimum absolute atomic E-state index is 0.160. The number of halogens is 3. The third-order valence-electron chi connectivity index (χ3n) is 3.58. The number of carbonyl (C=O) groups is 1. The number of pyridine rings is 1. The summed E-state index contributed by atoms with van der Waals surface area (Å²) in [6, 6.07) is 2.16. The van der Waals surface area contributed by atoms with Crippen molar-refractivity contribution >= 4 is 5.97 Å². The van der Waals surface area contributed by atoms with Gasteiger partial charge in [0.2, 0.25) is 5.88 Å². The summed E-state index contributed by atoms with van der Waals surface area (Å²) in [6.45, 7) is 6.35. The zero-order valence-electron chi connectivity index (χ0n) is 13.9. The van der Waals surface area contributed by atoms with Gasteiger partial charge in [-0.2, -0.15) is 13.2 Å². The summed E-state index contributed by atoms with van der Waals surface area (Å²) in [7, 11) is 0. The summed E-state index contributed by atoms with van der Waals surface area (Å²) in [5, 5.41) is 1.59. The van der Waals surface area contributed by atoms with Crippen LogP contribution < -0.4 is 4.74 Å². The molecule has 0 aromatic carbocycles. The molecule has 5 nitrogen and oxygen atoms in total. The van der Waals surface area contributed by atoms with Gasteiger partial charge in [0.15, 0.2) is 0 Å². The van der Waals surface area contributed by atoms with Crippen molar-refractivity contribution in [3.63, 3.8) is 0 Å². The highest BCUT2D eigenvalue weighted by Crippen LogP contribution is 2.29. The molecular formula is C16H21F3N2O3. The monoisotopic (exact) mass is 346 g/mol. The lowest BCUT2D eigenvalue weighted by atomic mass is 9.98. The average molecular weight is 346 g/mol. The molecule has 1 aliphatic rings. The van der Waals surface area contributed by atoms with Gasteiger partial charge < -0.3 is 9.57 Å². The van der Waals surface area contributed by atoms with Crippen LogP contribution in [0.5, 0.6) is 5.88 Å². The summed E-state index contributed by atoms with van der Waals surface area (Å²) in [5.41, 5.74) is -1.38. The van der Waals surface area contributed by atoms with E-state index in [4.69, 9.17) is 9.57 Å². The number of aromatic nitrogens is 1. The molecule has 1 aromatic rings. The third kappa shape index (κ3) is 5.09. The Balaban J connectivity index is 1.82. The Labute approximate surface area is 138 Å². The van der Waals surface area contributed by atoms with Crippen LogP contribution in [0.15, 0.2) is 18.3 Å². The lowest BCUT2D eigenvalue weighted by Crippen LogP contribution is -2.41. The second-order valence-corrected chi connectivity index (χ2v) is 6.76. The lowest BCUT2D eigenvalue weighted by Gasteiger charge is -2.32. The first-order valence-corrected chi connectivity index (χ1v) is 7.73. The van der Waals surface area contributed by atoms with Crippen LogP contribution in [0.25, 0.3) is 0 Å². The Morgan fingerprint density at radius 2 is 1.83 bits per heavy atom. The maximum absolute atomic E-state index is 12.5. The standard InChI is InChI=1S/C16H21F3N2O3/c1-15(2,3)14(22)24-21-8-6-12(7-9-21)23-13-5-4-11(10-20-13)16(17,18)19/h4-5,10,12H,6-9H2,1-3H3. The Morgan fingerprint density at radius 3 is 2.29 bits per heavy atom. The maximum Gasteiger partial charge on any atom is 0.417 e. The van der Waals surface area contributed by atoms with E-state index in [-0.39, 0.29) is 18.0 Å². The summed E-state index contributed by atoms with van der Waals surface area (Å²) in [4.78, 5) is 20.8. The number of hydrogen-bond donors (Lipinski definition) is 0. The molecule has 0 aliphatic carbocycles. The van der Waals surface area contributed by atoms with E-state index >= 15 is 0 Å². The quantitative estimate of drug-likeness (QED) is 0.839. The molecule has 24 heavy (non-hydrogen) atoms. The first-order chi connectivity index (χ1) is 11.1. The second-order valence-electron chi connectivity index (χ2n) is 6.76. The predicted molar refractivity (Wildman–Crippen MR) is 80.0 cm³/mol. The van der Waals surface area contributed by atoms with Crippen LogP contribution in [0.3, 0.4) is 0 Å². The molecule has 2 rings (SSSR count). The molecule has 1 aromatic heterocycles. The highest BCUT2D eigenvalue weighted by Gasteiger charge is 2.31. The van der Waals surface area contributed by atoms with Gasteiger partial charge in [0, 0.05) is 38.2 Å². The summed E-state index contributed by atoms with van der Waals surface area (Å²) >= 11 is 0. The molecule has 0 saturated carbocycles. The number of nitrogens with zero attached hydrogens (tertiary/aromatic N) is 2. The molecule has 134 valence electrons. The molecule has 0 unspecified atom stereocenters. The molecule has 2 heterocycles. The zero-order chi connectivity index (χ0) is 18.0. The zero-order valence-corrected chi connectivity index (χ0v) is 13.9. The fourth-order valence-electron chi connectivity index (χ4n) is 2.08. The minimum Gasteiger partial charge on any atom is -0.474 e. The molecule has 1 saturated heterocycles. The van der Waals surface area contributed by atoms with Crippen LogP contribution in [0.2, 0.25) is 0 Å². The molecule has 1 aliphatic heterocycles. The maximum atomic E-state index is 12.5. The second kappa shape index (κ2) is 6.96. The Hall–Kier alpha value is -1.83. The molecule has 0 atom stereocenters. The first-order valence-electron chi connectivity index (χ1n) is 7.73. The van der Waals surface area contributed by atoms with Crippen molar-refractivity contribution in [2.24, 2.45) is 5.41 Å². The minimum atomic E-state index is -4.41. The number of carbonyl (C=O) groups excluding carboxylic acids is 1. The lowest BCUT2D eigenvalue weighted by molar-refractivity contribution is -0.207. The fraction of sp³-hybridized carbons (Fsp3) is 0.625. The van der Waals surface area contributed by atoms with Gasteiger partial charge in [0.1, 0.15) is 6.10 Å². The van der Waals surface area contributed by atoms with Crippen molar-refractivity contribution in [2.75, 3.05) is 13.1 Å². The summed E-state index contributed by atoms with van der Waals surface area (Å²) < 4.78 is 43.0. The first kappa shape index (κ1) is 18.5. The van der Waals surface area contributed by atoms with Crippen LogP contribution >= 0.6 is 0 Å². The van der Waals surface area contributed by atoms with Crippen LogP contribution in [-0.2, 0) is 15.8 Å². The number of hydroxylamine groups is 2. The van der Waals surface area contributed by atoms with Crippen molar-refractivity contribution in [1.29, 1.82) is 0 Å². The van der Waals surface area contributed by atoms with E-state index in [9.17, 15) is 18.0 Å². The molecule has 0 amide bonds. The van der Waals surface area contributed by atoms with Crippen molar-refractivity contribution < 1.29 is 27.5 Å². The van der Waals surface area contributed by atoms with E-state index in [1.165, 1.54) is 6.07 Å². The highest BCUT2D eigenvalue weighted by atomic mass is 19.4. The van der Waals surface area contributed by atoms with Gasteiger partial charge in [0.05, 0.1) is 11.0 Å². The SMILES string of the molecule is CC(C)(C)C(=O)ON1CCC(Oc2ccc(C(F)(F)F)cn2)CC1. The van der Waals surface area contributed by atoms with Gasteiger partial charge in [-0.3, -0.25) is 0 Å². The van der Waals surface area contributed by atoms with Crippen LogP contribution in [0, 0.1) is 5.41 Å². The number of piperidine rings is 1. The van der Waals surface area contributed by atoms with Crippen LogP contribution in [-0.4, -0.2) is 35.2 Å². The van der Waals surface area contributed by atoms with Crippen LogP contribution in [0.1, 0.15) is 39.2 Å². The third-order valence-corrected chi connectivity index (χ3v) is 3.58. The van der Waals surface area contributed by atoms with Crippen molar-refractivity contribution in [2.45, 2.75) is 45.9 Å². The topological polar surface area (TPSA) is 51.7 Å². The van der Waals surface area contributed by atoms with Gasteiger partial charge in [-0.25, -0.2) is 9.78 Å². The molecular weight excluding hydrogens is 325 g/mol. The number of rotatable bonds is 3. The van der Waals surface area contributed by atoms with E-state index in [1.54, 1.807) is 25.8 Å². The van der Waals surface area contributed by atoms with Crippen molar-refractivity contribution in [1.82, 2.24) is 10.0 Å². The van der Waals surface area contributed by atoms with Crippen molar-refractivity contribution in [3.8, 4) is 5.88 Å². The molecule has 8 heteroatoms.